The largest absolute Gasteiger partial charge is 0.497 e. The maximum Gasteiger partial charge on any atom is 0.259 e. The Morgan fingerprint density at radius 2 is 2.10 bits per heavy atom. The molecule has 3 aromatic rings. The molecule has 0 radical (unpaired) electrons. The molecule has 2 heterocycles. The van der Waals surface area contributed by atoms with Gasteiger partial charge in [-0.1, -0.05) is 6.07 Å². The van der Waals surface area contributed by atoms with E-state index in [1.54, 1.807) is 56.2 Å². The fraction of sp³-hybridized carbons (Fsp3) is 0.227. The zero-order valence-electron chi connectivity index (χ0n) is 16.3. The predicted octanol–water partition coefficient (Wildman–Crippen LogP) is 4.65. The number of amides is 1. The van der Waals surface area contributed by atoms with Gasteiger partial charge in [0, 0.05) is 17.1 Å². The highest BCUT2D eigenvalue weighted by Gasteiger charge is 2.27. The molecule has 1 amide bonds. The predicted molar refractivity (Wildman–Crippen MR) is 115 cm³/mol. The van der Waals surface area contributed by atoms with Crippen molar-refractivity contribution in [1.29, 1.82) is 0 Å². The summed E-state index contributed by atoms with van der Waals surface area (Å²) in [5, 5.41) is 3.69. The van der Waals surface area contributed by atoms with Crippen LogP contribution < -0.4 is 14.8 Å². The smallest absolute Gasteiger partial charge is 0.259 e. The molecule has 1 aromatic carbocycles. The highest BCUT2D eigenvalue weighted by Crippen LogP contribution is 2.41. The highest BCUT2D eigenvalue weighted by molar-refractivity contribution is 7.16. The molecular formula is C22H21N3O3S. The molecule has 0 atom stereocenters. The van der Waals surface area contributed by atoms with E-state index >= 15 is 0 Å². The van der Waals surface area contributed by atoms with Crippen LogP contribution in [0.25, 0.3) is 0 Å². The summed E-state index contributed by atoms with van der Waals surface area (Å²) in [4.78, 5) is 23.3. The number of aromatic nitrogens is 1. The zero-order valence-corrected chi connectivity index (χ0v) is 17.1. The molecule has 2 aromatic heterocycles. The molecule has 0 spiro atoms. The summed E-state index contributed by atoms with van der Waals surface area (Å²) in [6, 6.07) is 11.0. The van der Waals surface area contributed by atoms with E-state index in [4.69, 9.17) is 9.47 Å². The number of hydrogen-bond donors (Lipinski definition) is 1. The van der Waals surface area contributed by atoms with Gasteiger partial charge in [-0.2, -0.15) is 0 Å². The number of benzene rings is 1. The third kappa shape index (κ3) is 4.00. The van der Waals surface area contributed by atoms with Gasteiger partial charge >= 0.3 is 0 Å². The van der Waals surface area contributed by atoms with Crippen LogP contribution in [0.4, 0.5) is 10.7 Å². The number of carbonyl (C=O) groups excluding carboxylic acids is 1. The highest BCUT2D eigenvalue weighted by atomic mass is 32.1. The van der Waals surface area contributed by atoms with Gasteiger partial charge in [-0.15, -0.1) is 11.3 Å². The monoisotopic (exact) mass is 407 g/mol. The van der Waals surface area contributed by atoms with Gasteiger partial charge in [-0.05, 0) is 49.1 Å². The number of ether oxygens (including phenoxy) is 2. The number of rotatable bonds is 6. The number of nitrogens with one attached hydrogen (secondary N) is 1. The van der Waals surface area contributed by atoms with Gasteiger partial charge in [-0.3, -0.25) is 9.78 Å². The van der Waals surface area contributed by atoms with Gasteiger partial charge in [0.25, 0.3) is 5.91 Å². The number of aliphatic imine (C=N–C) groups is 1. The number of thiophene rings is 1. The van der Waals surface area contributed by atoms with E-state index in [0.717, 1.165) is 30.5 Å². The van der Waals surface area contributed by atoms with Crippen LogP contribution in [0.5, 0.6) is 11.5 Å². The van der Waals surface area contributed by atoms with E-state index in [1.165, 1.54) is 4.88 Å². The van der Waals surface area contributed by atoms with E-state index in [0.29, 0.717) is 27.8 Å². The second-order valence-electron chi connectivity index (χ2n) is 6.57. The van der Waals surface area contributed by atoms with Crippen molar-refractivity contribution in [3.8, 4) is 11.5 Å². The summed E-state index contributed by atoms with van der Waals surface area (Å²) in [5.74, 6) is 1.03. The quantitative estimate of drug-likeness (QED) is 0.604. The van der Waals surface area contributed by atoms with E-state index < -0.39 is 0 Å². The summed E-state index contributed by atoms with van der Waals surface area (Å²) >= 11 is 1.59. The third-order valence-electron chi connectivity index (χ3n) is 4.79. The maximum absolute atomic E-state index is 13.2. The summed E-state index contributed by atoms with van der Waals surface area (Å²) in [5.41, 5.74) is 3.10. The molecule has 0 unspecified atom stereocenters. The van der Waals surface area contributed by atoms with Crippen molar-refractivity contribution < 1.29 is 14.3 Å². The standard InChI is InChI=1S/C22H21N3O3S/c1-27-15-9-10-17(18(12-15)28-2)25-21(26)20-16-7-5-8-19(16)29-22(20)24-13-14-6-3-4-11-23-14/h3-4,6,9-13H,5,7-8H2,1-2H3,(H,25,26). The average Bonchev–Trinajstić information content (AvgIpc) is 3.34. The normalized spacial score (nSPS) is 12.8. The van der Waals surface area contributed by atoms with E-state index in [-0.39, 0.29) is 5.91 Å². The Bertz CT molecular complexity index is 1060. The minimum Gasteiger partial charge on any atom is -0.497 e. The van der Waals surface area contributed by atoms with Crippen molar-refractivity contribution in [3.05, 3.63) is 64.3 Å². The Morgan fingerprint density at radius 3 is 2.86 bits per heavy atom. The van der Waals surface area contributed by atoms with Crippen LogP contribution in [0.2, 0.25) is 0 Å². The molecule has 0 bridgehead atoms. The number of anilines is 1. The minimum atomic E-state index is -0.180. The molecule has 1 N–H and O–H groups in total. The Hall–Kier alpha value is -3.19. The van der Waals surface area contributed by atoms with Gasteiger partial charge < -0.3 is 14.8 Å². The van der Waals surface area contributed by atoms with Crippen molar-refractivity contribution in [2.75, 3.05) is 19.5 Å². The Balaban J connectivity index is 1.66. The Morgan fingerprint density at radius 1 is 1.21 bits per heavy atom. The second kappa shape index (κ2) is 8.45. The first kappa shape index (κ1) is 19.1. The molecule has 148 valence electrons. The van der Waals surface area contributed by atoms with Gasteiger partial charge in [0.15, 0.2) is 0 Å². The van der Waals surface area contributed by atoms with E-state index in [1.807, 2.05) is 18.2 Å². The topological polar surface area (TPSA) is 72.8 Å². The summed E-state index contributed by atoms with van der Waals surface area (Å²) in [6.45, 7) is 0. The number of carbonyl (C=O) groups is 1. The Labute approximate surface area is 173 Å². The van der Waals surface area contributed by atoms with Crippen molar-refractivity contribution in [3.63, 3.8) is 0 Å². The van der Waals surface area contributed by atoms with Crippen LogP contribution in [0, 0.1) is 0 Å². The van der Waals surface area contributed by atoms with Crippen LogP contribution in [0.1, 0.15) is 32.9 Å². The third-order valence-corrected chi connectivity index (χ3v) is 5.99. The fourth-order valence-corrected chi connectivity index (χ4v) is 4.61. The first-order valence-corrected chi connectivity index (χ1v) is 10.1. The molecule has 6 nitrogen and oxygen atoms in total. The number of fused-ring (bicyclic) bond motifs is 1. The van der Waals surface area contributed by atoms with Crippen molar-refractivity contribution >= 4 is 34.1 Å². The lowest BCUT2D eigenvalue weighted by Crippen LogP contribution is -2.14. The fourth-order valence-electron chi connectivity index (χ4n) is 3.38. The SMILES string of the molecule is COc1ccc(NC(=O)c2c(N=Cc3ccccn3)sc3c2CCC3)c(OC)c1. The lowest BCUT2D eigenvalue weighted by Gasteiger charge is -2.12. The number of hydrogen-bond acceptors (Lipinski definition) is 6. The zero-order chi connectivity index (χ0) is 20.2. The summed E-state index contributed by atoms with van der Waals surface area (Å²) in [7, 11) is 3.16. The summed E-state index contributed by atoms with van der Waals surface area (Å²) in [6.07, 6.45) is 6.38. The molecule has 1 aliphatic rings. The molecule has 1 aliphatic carbocycles. The lowest BCUT2D eigenvalue weighted by atomic mass is 10.1. The number of aryl methyl sites for hydroxylation is 1. The molecule has 29 heavy (non-hydrogen) atoms. The first-order valence-electron chi connectivity index (χ1n) is 9.32. The van der Waals surface area contributed by atoms with Gasteiger partial charge in [0.05, 0.1) is 37.4 Å². The molecule has 0 saturated carbocycles. The molecule has 0 fully saturated rings. The van der Waals surface area contributed by atoms with Gasteiger partial charge in [0.1, 0.15) is 16.5 Å². The molecule has 7 heteroatoms. The second-order valence-corrected chi connectivity index (χ2v) is 7.65. The van der Waals surface area contributed by atoms with Crippen LogP contribution >= 0.6 is 11.3 Å². The molecule has 0 aliphatic heterocycles. The van der Waals surface area contributed by atoms with Crippen LogP contribution in [0.3, 0.4) is 0 Å². The number of nitrogens with zero attached hydrogens (tertiary/aromatic N) is 2. The van der Waals surface area contributed by atoms with Crippen LogP contribution in [-0.4, -0.2) is 31.3 Å². The van der Waals surface area contributed by atoms with E-state index in [2.05, 4.69) is 15.3 Å². The maximum atomic E-state index is 13.2. The number of pyridine rings is 1. The van der Waals surface area contributed by atoms with Crippen molar-refractivity contribution in [2.24, 2.45) is 4.99 Å². The van der Waals surface area contributed by atoms with Crippen LogP contribution in [0.15, 0.2) is 47.6 Å². The van der Waals surface area contributed by atoms with Gasteiger partial charge in [-0.25, -0.2) is 4.99 Å². The summed E-state index contributed by atoms with van der Waals surface area (Å²) < 4.78 is 10.6. The van der Waals surface area contributed by atoms with Gasteiger partial charge in [0.2, 0.25) is 0 Å². The molecule has 4 rings (SSSR count). The van der Waals surface area contributed by atoms with Crippen LogP contribution in [-0.2, 0) is 12.8 Å². The Kier molecular flexibility index (Phi) is 5.57. The van der Waals surface area contributed by atoms with E-state index in [9.17, 15) is 4.79 Å². The lowest BCUT2D eigenvalue weighted by molar-refractivity contribution is 0.102. The molecule has 0 saturated heterocycles. The first-order chi connectivity index (χ1) is 14.2. The number of methoxy groups -OCH3 is 2. The van der Waals surface area contributed by atoms with Crippen molar-refractivity contribution in [1.82, 2.24) is 4.98 Å². The molecular weight excluding hydrogens is 386 g/mol. The average molecular weight is 407 g/mol. The minimum absolute atomic E-state index is 0.180. The van der Waals surface area contributed by atoms with Crippen molar-refractivity contribution in [2.45, 2.75) is 19.3 Å².